The van der Waals surface area contributed by atoms with E-state index in [1.54, 1.807) is 14.2 Å². The smallest absolute Gasteiger partial charge is 0.236 e. The molecule has 1 amide bonds. The van der Waals surface area contributed by atoms with Crippen molar-refractivity contribution in [1.82, 2.24) is 10.6 Å². The first-order valence-electron chi connectivity index (χ1n) is 7.29. The monoisotopic (exact) mass is 294 g/mol. The zero-order valence-corrected chi connectivity index (χ0v) is 13.5. The maximum atomic E-state index is 11.9. The van der Waals surface area contributed by atoms with Gasteiger partial charge in [0.1, 0.15) is 11.5 Å². The van der Waals surface area contributed by atoms with Gasteiger partial charge in [0.25, 0.3) is 0 Å². The maximum absolute atomic E-state index is 11.9. The third-order valence-electron chi connectivity index (χ3n) is 3.35. The molecule has 0 spiro atoms. The summed E-state index contributed by atoms with van der Waals surface area (Å²) < 4.78 is 10.6. The minimum Gasteiger partial charge on any atom is -0.497 e. The Labute approximate surface area is 127 Å². The first kappa shape index (κ1) is 17.3. The fourth-order valence-electron chi connectivity index (χ4n) is 2.12. The summed E-state index contributed by atoms with van der Waals surface area (Å²) in [6.07, 6.45) is 0.928. The lowest BCUT2D eigenvalue weighted by Gasteiger charge is -2.22. The lowest BCUT2D eigenvalue weighted by atomic mass is 10.1. The molecule has 5 nitrogen and oxygen atoms in total. The van der Waals surface area contributed by atoms with E-state index in [0.717, 1.165) is 23.5 Å². The fourth-order valence-corrected chi connectivity index (χ4v) is 2.12. The van der Waals surface area contributed by atoms with E-state index in [9.17, 15) is 4.79 Å². The Morgan fingerprint density at radius 2 is 1.95 bits per heavy atom. The van der Waals surface area contributed by atoms with Crippen LogP contribution < -0.4 is 20.1 Å². The van der Waals surface area contributed by atoms with Gasteiger partial charge in [-0.3, -0.25) is 10.1 Å². The molecule has 0 aromatic heterocycles. The molecular formula is C16H26N2O3. The summed E-state index contributed by atoms with van der Waals surface area (Å²) in [5.41, 5.74) is 0.965. The van der Waals surface area contributed by atoms with Crippen molar-refractivity contribution in [3.8, 4) is 11.5 Å². The van der Waals surface area contributed by atoms with Gasteiger partial charge in [0, 0.05) is 18.2 Å². The van der Waals surface area contributed by atoms with E-state index in [0.29, 0.717) is 6.54 Å². The first-order valence-corrected chi connectivity index (χ1v) is 7.29. The van der Waals surface area contributed by atoms with E-state index in [2.05, 4.69) is 10.6 Å². The molecule has 0 saturated carbocycles. The summed E-state index contributed by atoms with van der Waals surface area (Å²) in [5.74, 6) is 1.55. The highest BCUT2D eigenvalue weighted by Crippen LogP contribution is 2.29. The van der Waals surface area contributed by atoms with Crippen LogP contribution in [-0.2, 0) is 4.79 Å². The molecule has 0 saturated heterocycles. The molecule has 21 heavy (non-hydrogen) atoms. The second-order valence-corrected chi connectivity index (χ2v) is 5.01. The molecule has 1 aromatic carbocycles. The van der Waals surface area contributed by atoms with Gasteiger partial charge in [0.05, 0.1) is 20.3 Å². The van der Waals surface area contributed by atoms with Gasteiger partial charge in [-0.25, -0.2) is 0 Å². The van der Waals surface area contributed by atoms with E-state index in [4.69, 9.17) is 9.47 Å². The van der Waals surface area contributed by atoms with Crippen molar-refractivity contribution in [2.45, 2.75) is 39.3 Å². The van der Waals surface area contributed by atoms with Gasteiger partial charge >= 0.3 is 0 Å². The molecule has 0 bridgehead atoms. The van der Waals surface area contributed by atoms with Gasteiger partial charge in [-0.05, 0) is 38.5 Å². The van der Waals surface area contributed by atoms with Crippen molar-refractivity contribution >= 4 is 5.91 Å². The average molecular weight is 294 g/mol. The average Bonchev–Trinajstić information content (AvgIpc) is 2.51. The molecule has 2 N–H and O–H groups in total. The lowest BCUT2D eigenvalue weighted by molar-refractivity contribution is -0.122. The maximum Gasteiger partial charge on any atom is 0.236 e. The van der Waals surface area contributed by atoms with E-state index >= 15 is 0 Å². The summed E-state index contributed by atoms with van der Waals surface area (Å²) in [4.78, 5) is 11.9. The summed E-state index contributed by atoms with van der Waals surface area (Å²) in [6.45, 7) is 6.58. The third-order valence-corrected chi connectivity index (χ3v) is 3.35. The number of methoxy groups -OCH3 is 2. The Balaban J connectivity index is 2.78. The highest BCUT2D eigenvalue weighted by molar-refractivity contribution is 5.81. The Morgan fingerprint density at radius 3 is 2.52 bits per heavy atom. The molecule has 0 aliphatic rings. The number of benzene rings is 1. The van der Waals surface area contributed by atoms with Crippen molar-refractivity contribution in [2.75, 3.05) is 20.8 Å². The summed E-state index contributed by atoms with van der Waals surface area (Å²) in [7, 11) is 3.26. The van der Waals surface area contributed by atoms with Crippen LogP contribution >= 0.6 is 0 Å². The van der Waals surface area contributed by atoms with E-state index < -0.39 is 0 Å². The number of carbonyl (C=O) groups excluding carboxylic acids is 1. The highest BCUT2D eigenvalue weighted by atomic mass is 16.5. The van der Waals surface area contributed by atoms with Crippen LogP contribution in [0.1, 0.15) is 38.8 Å². The SMILES string of the molecule is CCCNC(=O)C(C)NC(C)c1cc(OC)ccc1OC. The number of hydrogen-bond donors (Lipinski definition) is 2. The lowest BCUT2D eigenvalue weighted by Crippen LogP contribution is -2.43. The van der Waals surface area contributed by atoms with Crippen LogP contribution in [0.2, 0.25) is 0 Å². The zero-order valence-electron chi connectivity index (χ0n) is 13.5. The van der Waals surface area contributed by atoms with Crippen LogP contribution in [0.4, 0.5) is 0 Å². The number of amides is 1. The fraction of sp³-hybridized carbons (Fsp3) is 0.562. The number of rotatable bonds is 8. The second kappa shape index (κ2) is 8.52. The van der Waals surface area contributed by atoms with E-state index in [-0.39, 0.29) is 18.0 Å². The zero-order chi connectivity index (χ0) is 15.8. The minimum atomic E-state index is -0.276. The predicted molar refractivity (Wildman–Crippen MR) is 83.9 cm³/mol. The van der Waals surface area contributed by atoms with E-state index in [1.165, 1.54) is 0 Å². The normalized spacial score (nSPS) is 13.4. The van der Waals surface area contributed by atoms with Crippen LogP contribution in [-0.4, -0.2) is 32.7 Å². The molecule has 0 heterocycles. The number of ether oxygens (including phenoxy) is 2. The molecule has 118 valence electrons. The quantitative estimate of drug-likeness (QED) is 0.772. The van der Waals surface area contributed by atoms with Crippen molar-refractivity contribution in [3.63, 3.8) is 0 Å². The van der Waals surface area contributed by atoms with Gasteiger partial charge < -0.3 is 14.8 Å². The van der Waals surface area contributed by atoms with Crippen LogP contribution in [0.5, 0.6) is 11.5 Å². The summed E-state index contributed by atoms with van der Waals surface area (Å²) >= 11 is 0. The number of hydrogen-bond acceptors (Lipinski definition) is 4. The Bertz CT molecular complexity index is 463. The van der Waals surface area contributed by atoms with Crippen molar-refractivity contribution in [2.24, 2.45) is 0 Å². The molecule has 0 radical (unpaired) electrons. The molecule has 1 rings (SSSR count). The van der Waals surface area contributed by atoms with Gasteiger partial charge in [-0.15, -0.1) is 0 Å². The molecular weight excluding hydrogens is 268 g/mol. The second-order valence-electron chi connectivity index (χ2n) is 5.01. The number of nitrogens with one attached hydrogen (secondary N) is 2. The molecule has 0 aliphatic heterocycles. The Kier molecular flexibility index (Phi) is 7.02. The first-order chi connectivity index (χ1) is 10.0. The van der Waals surface area contributed by atoms with Gasteiger partial charge in [-0.2, -0.15) is 0 Å². The van der Waals surface area contributed by atoms with Gasteiger partial charge in [0.15, 0.2) is 0 Å². The molecule has 1 aromatic rings. The van der Waals surface area contributed by atoms with Crippen molar-refractivity contribution in [1.29, 1.82) is 0 Å². The van der Waals surface area contributed by atoms with Crippen LogP contribution in [0, 0.1) is 0 Å². The topological polar surface area (TPSA) is 59.6 Å². The minimum absolute atomic E-state index is 0.00515. The molecule has 2 unspecified atom stereocenters. The van der Waals surface area contributed by atoms with Crippen LogP contribution in [0.3, 0.4) is 0 Å². The Hall–Kier alpha value is -1.75. The Morgan fingerprint density at radius 1 is 1.24 bits per heavy atom. The summed E-state index contributed by atoms with van der Waals surface area (Å²) in [6, 6.07) is 5.34. The number of carbonyl (C=O) groups is 1. The molecule has 5 heteroatoms. The third kappa shape index (κ3) is 4.93. The van der Waals surface area contributed by atoms with Gasteiger partial charge in [0.2, 0.25) is 5.91 Å². The van der Waals surface area contributed by atoms with Crippen LogP contribution in [0.15, 0.2) is 18.2 Å². The van der Waals surface area contributed by atoms with Gasteiger partial charge in [-0.1, -0.05) is 6.92 Å². The molecule has 0 fully saturated rings. The van der Waals surface area contributed by atoms with Crippen molar-refractivity contribution < 1.29 is 14.3 Å². The molecule has 0 aliphatic carbocycles. The highest BCUT2D eigenvalue weighted by Gasteiger charge is 2.18. The standard InChI is InChI=1S/C16H26N2O3/c1-6-9-17-16(19)12(3)18-11(2)14-10-13(20-4)7-8-15(14)21-5/h7-8,10-12,18H,6,9H2,1-5H3,(H,17,19). The van der Waals surface area contributed by atoms with Crippen LogP contribution in [0.25, 0.3) is 0 Å². The largest absolute Gasteiger partial charge is 0.497 e. The summed E-state index contributed by atoms with van der Waals surface area (Å²) in [5, 5.41) is 6.17. The molecule has 2 atom stereocenters. The van der Waals surface area contributed by atoms with E-state index in [1.807, 2.05) is 39.0 Å². The van der Waals surface area contributed by atoms with Crippen molar-refractivity contribution in [3.05, 3.63) is 23.8 Å². The predicted octanol–water partition coefficient (Wildman–Crippen LogP) is 2.27.